The second-order valence-corrected chi connectivity index (χ2v) is 30.4. The van der Waals surface area contributed by atoms with Crippen molar-refractivity contribution in [1.29, 1.82) is 0 Å². The second kappa shape index (κ2) is 18.8. The Kier molecular flexibility index (Phi) is 15.6. The van der Waals surface area contributed by atoms with Gasteiger partial charge in [0.05, 0.1) is 9.60 Å². The lowest BCUT2D eigenvalue weighted by Crippen LogP contribution is -2.31. The van der Waals surface area contributed by atoms with E-state index in [0.717, 1.165) is 16.2 Å². The van der Waals surface area contributed by atoms with Gasteiger partial charge in [-0.2, -0.15) is 4.31 Å². The molecule has 8 rings (SSSR count). The molecule has 2 aliphatic rings. The number of aliphatic imine (C=N–C) groups is 1. The molecule has 2 aliphatic heterocycles. The van der Waals surface area contributed by atoms with E-state index in [1.54, 1.807) is 15.6 Å². The molecule has 0 radical (unpaired) electrons. The standard InChI is InChI=1S/C14H21NS.C13H19NS2.C12H16S2.C11H17NO2S2/c1-13(2,3)10-7-9-8-11(14(4,5)6)16-12(9)15-10;1-12(2,3)9-7-8-10(16-9)14-11(15-8)13(4,5)6;1-7(2)9-5-11-12(13-9)6-10(14-11)8(3)4;1-7(2)9-5-11-10(15-9)6-12(8(3)4)16(11,13)14/h8H,7H2,1-6H3;7H,1-6H3;5-8H,1-4H3;5,7-8H,6H2,1-4H3. The van der Waals surface area contributed by atoms with Crippen LogP contribution >= 0.6 is 68.0 Å². The molecule has 62 heavy (non-hydrogen) atoms. The van der Waals surface area contributed by atoms with Crippen LogP contribution in [0.15, 0.2) is 40.2 Å². The van der Waals surface area contributed by atoms with E-state index in [2.05, 4.69) is 149 Å². The van der Waals surface area contributed by atoms with E-state index in [0.29, 0.717) is 29.2 Å². The molecule has 0 spiro atoms. The molecular formula is C50H73N3O2S7. The smallest absolute Gasteiger partial charge is 0.244 e. The molecule has 12 heteroatoms. The van der Waals surface area contributed by atoms with E-state index in [1.165, 1.54) is 59.7 Å². The highest BCUT2D eigenvalue weighted by Gasteiger charge is 2.38. The number of hydrogen-bond donors (Lipinski definition) is 0. The van der Waals surface area contributed by atoms with Crippen LogP contribution in [0.5, 0.6) is 0 Å². The fourth-order valence-electron chi connectivity index (χ4n) is 6.51. The Morgan fingerprint density at radius 3 is 1.47 bits per heavy atom. The summed E-state index contributed by atoms with van der Waals surface area (Å²) in [5, 5.41) is 2.49. The molecular weight excluding hydrogens is 899 g/mol. The van der Waals surface area contributed by atoms with Crippen LogP contribution in [0.3, 0.4) is 0 Å². The zero-order valence-electron chi connectivity index (χ0n) is 41.1. The first-order valence-corrected chi connectivity index (χ1v) is 28.4. The van der Waals surface area contributed by atoms with Gasteiger partial charge in [-0.3, -0.25) is 0 Å². The van der Waals surface area contributed by atoms with Gasteiger partial charge in [-0.1, -0.05) is 125 Å². The van der Waals surface area contributed by atoms with Crippen molar-refractivity contribution in [3.63, 3.8) is 0 Å². The van der Waals surface area contributed by atoms with Gasteiger partial charge in [0, 0.05) is 74.2 Å². The molecule has 0 saturated carbocycles. The van der Waals surface area contributed by atoms with Gasteiger partial charge in [-0.25, -0.2) is 18.4 Å². The van der Waals surface area contributed by atoms with Crippen LogP contribution in [0.2, 0.25) is 0 Å². The van der Waals surface area contributed by atoms with Crippen LogP contribution in [-0.4, -0.2) is 29.5 Å². The highest BCUT2D eigenvalue weighted by Crippen LogP contribution is 2.44. The summed E-state index contributed by atoms with van der Waals surface area (Å²) in [5.74, 6) is 1.74. The maximum absolute atomic E-state index is 12.2. The summed E-state index contributed by atoms with van der Waals surface area (Å²) in [5.41, 5.74) is 3.64. The molecule has 8 heterocycles. The molecule has 5 nitrogen and oxygen atoms in total. The number of thiazole rings is 1. The average Bonchev–Trinajstić information content (AvgIpc) is 3.94. The van der Waals surface area contributed by atoms with Gasteiger partial charge in [0.2, 0.25) is 10.0 Å². The minimum Gasteiger partial charge on any atom is -0.246 e. The van der Waals surface area contributed by atoms with Crippen molar-refractivity contribution in [3.8, 4) is 0 Å². The number of fused-ring (bicyclic) bond motifs is 4. The Balaban J connectivity index is 0.000000156. The first-order valence-electron chi connectivity index (χ1n) is 22.1. The molecule has 6 aromatic rings. The molecule has 0 fully saturated rings. The summed E-state index contributed by atoms with van der Waals surface area (Å²) in [6.45, 7) is 44.6. The minimum atomic E-state index is -3.21. The number of nitrogens with zero attached hydrogens (tertiary/aromatic N) is 3. The monoisotopic (exact) mass is 971 g/mol. The maximum atomic E-state index is 12.2. The summed E-state index contributed by atoms with van der Waals surface area (Å²) in [6, 6.07) is 11.3. The van der Waals surface area contributed by atoms with Crippen molar-refractivity contribution in [2.24, 2.45) is 10.4 Å². The Hall–Kier alpha value is -1.77. The van der Waals surface area contributed by atoms with E-state index in [4.69, 9.17) is 9.98 Å². The molecule has 6 aromatic heterocycles. The summed E-state index contributed by atoms with van der Waals surface area (Å²) in [4.78, 5) is 19.4. The van der Waals surface area contributed by atoms with E-state index in [9.17, 15) is 8.42 Å². The molecule has 0 unspecified atom stereocenters. The van der Waals surface area contributed by atoms with Crippen LogP contribution in [0.25, 0.3) is 18.9 Å². The number of hydrogen-bond acceptors (Lipinski definition) is 10. The van der Waals surface area contributed by atoms with Gasteiger partial charge in [-0.15, -0.1) is 68.0 Å². The SMILES string of the molecule is CC(C)(C)C1=Nc2sc(C(C)(C)C)cc2C1.CC(C)(C)c1cc2sc(C(C)(C)C)nc2s1.CC(C)c1cc2c(s1)CN(C(C)C)S2(=O)=O.CC(C)c1cc2sc(C(C)C)cc2s1. The lowest BCUT2D eigenvalue weighted by molar-refractivity contribution is 0.365. The van der Waals surface area contributed by atoms with E-state index >= 15 is 0 Å². The number of thiophene rings is 5. The van der Waals surface area contributed by atoms with Crippen molar-refractivity contribution in [2.75, 3.05) is 0 Å². The van der Waals surface area contributed by atoms with Crippen LogP contribution in [0.4, 0.5) is 5.00 Å². The van der Waals surface area contributed by atoms with Crippen molar-refractivity contribution >= 4 is 108 Å². The van der Waals surface area contributed by atoms with Crippen LogP contribution in [-0.2, 0) is 39.2 Å². The normalized spacial score (nSPS) is 15.5. The van der Waals surface area contributed by atoms with Crippen molar-refractivity contribution in [3.05, 3.63) is 70.2 Å². The summed E-state index contributed by atoms with van der Waals surface area (Å²) < 4.78 is 30.3. The molecule has 0 amide bonds. The van der Waals surface area contributed by atoms with Crippen LogP contribution < -0.4 is 0 Å². The second-order valence-electron chi connectivity index (χ2n) is 22.0. The molecule has 0 bridgehead atoms. The Morgan fingerprint density at radius 1 is 0.565 bits per heavy atom. The largest absolute Gasteiger partial charge is 0.246 e. The zero-order valence-corrected chi connectivity index (χ0v) is 46.8. The number of rotatable bonds is 4. The van der Waals surface area contributed by atoms with Crippen molar-refractivity contribution in [2.45, 2.75) is 196 Å². The third kappa shape index (κ3) is 12.0. The molecule has 0 saturated heterocycles. The Bertz CT molecular complexity index is 2460. The Labute approximate surface area is 399 Å². The fraction of sp³-hybridized carbons (Fsp3) is 0.600. The topological polar surface area (TPSA) is 62.6 Å². The average molecular weight is 973 g/mol. The van der Waals surface area contributed by atoms with Gasteiger partial charge in [0.25, 0.3) is 0 Å². The molecule has 0 aromatic carbocycles. The predicted molar refractivity (Wildman–Crippen MR) is 282 cm³/mol. The summed E-state index contributed by atoms with van der Waals surface area (Å²) in [6.07, 6.45) is 1.05. The van der Waals surface area contributed by atoms with Gasteiger partial charge < -0.3 is 0 Å². The Morgan fingerprint density at radius 2 is 1.06 bits per heavy atom. The molecule has 0 atom stereocenters. The summed E-state index contributed by atoms with van der Waals surface area (Å²) in [7, 11) is -3.21. The van der Waals surface area contributed by atoms with Crippen LogP contribution in [0.1, 0.15) is 196 Å². The molecule has 0 aliphatic carbocycles. The van der Waals surface area contributed by atoms with Crippen molar-refractivity contribution in [1.82, 2.24) is 9.29 Å². The zero-order chi connectivity index (χ0) is 46.7. The molecule has 0 N–H and O–H groups in total. The van der Waals surface area contributed by atoms with Gasteiger partial charge in [-0.05, 0) is 78.3 Å². The van der Waals surface area contributed by atoms with E-state index in [1.807, 2.05) is 76.6 Å². The first kappa shape index (κ1) is 51.2. The lowest BCUT2D eigenvalue weighted by atomic mass is 9.87. The fourth-order valence-corrected chi connectivity index (χ4v) is 15.8. The van der Waals surface area contributed by atoms with Gasteiger partial charge in [0.1, 0.15) is 14.8 Å². The van der Waals surface area contributed by atoms with Crippen molar-refractivity contribution < 1.29 is 8.42 Å². The summed E-state index contributed by atoms with van der Waals surface area (Å²) >= 11 is 11.1. The van der Waals surface area contributed by atoms with Gasteiger partial charge in [0.15, 0.2) is 0 Å². The maximum Gasteiger partial charge on any atom is 0.244 e. The number of aromatic nitrogens is 1. The first-order chi connectivity index (χ1) is 28.3. The minimum absolute atomic E-state index is 0.0344. The highest BCUT2D eigenvalue weighted by molar-refractivity contribution is 7.89. The number of sulfonamides is 1. The quantitative estimate of drug-likeness (QED) is 0.177. The highest BCUT2D eigenvalue weighted by atomic mass is 32.2. The van der Waals surface area contributed by atoms with E-state index in [-0.39, 0.29) is 27.7 Å². The van der Waals surface area contributed by atoms with Crippen LogP contribution in [0, 0.1) is 5.41 Å². The third-order valence-electron chi connectivity index (χ3n) is 10.7. The molecule has 342 valence electrons. The lowest BCUT2D eigenvalue weighted by Gasteiger charge is -2.19. The third-order valence-corrected chi connectivity index (χ3v) is 21.7. The van der Waals surface area contributed by atoms with E-state index < -0.39 is 10.0 Å². The van der Waals surface area contributed by atoms with Gasteiger partial charge >= 0.3 is 0 Å². The predicted octanol–water partition coefficient (Wildman–Crippen LogP) is 17.7.